The number of nitrogens with zero attached hydrogens (tertiary/aromatic N) is 4. The Morgan fingerprint density at radius 1 is 1.12 bits per heavy atom. The van der Waals surface area contributed by atoms with E-state index in [1.165, 1.54) is 32.4 Å². The number of amides is 1. The van der Waals surface area contributed by atoms with E-state index in [-0.39, 0.29) is 22.7 Å². The number of carbonyl (C=O) groups excluding carboxylic acids is 1. The highest BCUT2D eigenvalue weighted by Gasteiger charge is 2.36. The largest absolute Gasteiger partial charge is 0.493 e. The Bertz CT molecular complexity index is 1310. The SMILES string of the molecule is COc1ccc(-c2cc(C(F)(F)F)n3ncc(C(=O)Nc4cc(C)on4)c3n2)cc1OC. The maximum Gasteiger partial charge on any atom is 0.433 e. The van der Waals surface area contributed by atoms with Crippen LogP contribution in [0.25, 0.3) is 16.9 Å². The fourth-order valence-corrected chi connectivity index (χ4v) is 3.08. The average Bonchev–Trinajstić information content (AvgIpc) is 3.37. The van der Waals surface area contributed by atoms with Gasteiger partial charge < -0.3 is 19.3 Å². The van der Waals surface area contributed by atoms with Crippen LogP contribution in [0.1, 0.15) is 21.8 Å². The van der Waals surface area contributed by atoms with Crippen molar-refractivity contribution in [2.24, 2.45) is 0 Å². The molecule has 1 N–H and O–H groups in total. The smallest absolute Gasteiger partial charge is 0.433 e. The summed E-state index contributed by atoms with van der Waals surface area (Å²) in [6, 6.07) is 6.89. The lowest BCUT2D eigenvalue weighted by atomic mass is 10.1. The zero-order valence-corrected chi connectivity index (χ0v) is 17.0. The molecule has 3 heterocycles. The van der Waals surface area contributed by atoms with Crippen molar-refractivity contribution in [3.63, 3.8) is 0 Å². The van der Waals surface area contributed by atoms with Crippen LogP contribution in [0.2, 0.25) is 0 Å². The first kappa shape index (κ1) is 21.2. The van der Waals surface area contributed by atoms with Crippen molar-refractivity contribution in [1.29, 1.82) is 0 Å². The first-order chi connectivity index (χ1) is 15.2. The Hall–Kier alpha value is -4.09. The van der Waals surface area contributed by atoms with Gasteiger partial charge in [0.25, 0.3) is 5.91 Å². The quantitative estimate of drug-likeness (QED) is 0.494. The highest BCUT2D eigenvalue weighted by atomic mass is 19.4. The van der Waals surface area contributed by atoms with Gasteiger partial charge in [0.2, 0.25) is 0 Å². The van der Waals surface area contributed by atoms with Crippen molar-refractivity contribution in [3.05, 3.63) is 53.5 Å². The van der Waals surface area contributed by atoms with Gasteiger partial charge in [-0.25, -0.2) is 9.50 Å². The van der Waals surface area contributed by atoms with E-state index in [1.807, 2.05) is 0 Å². The van der Waals surface area contributed by atoms with Gasteiger partial charge in [-0.1, -0.05) is 5.16 Å². The van der Waals surface area contributed by atoms with Crippen molar-refractivity contribution in [2.45, 2.75) is 13.1 Å². The Morgan fingerprint density at radius 3 is 2.50 bits per heavy atom. The summed E-state index contributed by atoms with van der Waals surface area (Å²) >= 11 is 0. The molecule has 1 aromatic carbocycles. The fraction of sp³-hybridized carbons (Fsp3) is 0.200. The minimum atomic E-state index is -4.75. The van der Waals surface area contributed by atoms with E-state index in [1.54, 1.807) is 13.0 Å². The van der Waals surface area contributed by atoms with E-state index in [0.29, 0.717) is 27.3 Å². The van der Waals surface area contributed by atoms with Crippen LogP contribution in [0.4, 0.5) is 19.0 Å². The number of hydrogen-bond donors (Lipinski definition) is 1. The van der Waals surface area contributed by atoms with E-state index in [4.69, 9.17) is 14.0 Å². The van der Waals surface area contributed by atoms with Crippen LogP contribution in [0, 0.1) is 6.92 Å². The normalized spacial score (nSPS) is 11.6. The van der Waals surface area contributed by atoms with E-state index < -0.39 is 17.8 Å². The van der Waals surface area contributed by atoms with Crippen LogP contribution in [0.5, 0.6) is 11.5 Å². The van der Waals surface area contributed by atoms with E-state index >= 15 is 0 Å². The number of nitrogens with one attached hydrogen (secondary N) is 1. The summed E-state index contributed by atoms with van der Waals surface area (Å²) in [4.78, 5) is 17.0. The molecule has 3 aromatic heterocycles. The number of ether oxygens (including phenoxy) is 2. The molecular formula is C20H16F3N5O4. The highest BCUT2D eigenvalue weighted by molar-refractivity contribution is 6.07. The van der Waals surface area contributed by atoms with Crippen molar-refractivity contribution in [3.8, 4) is 22.8 Å². The lowest BCUT2D eigenvalue weighted by molar-refractivity contribution is -0.142. The number of hydrogen-bond acceptors (Lipinski definition) is 7. The molecule has 0 spiro atoms. The van der Waals surface area contributed by atoms with Crippen LogP contribution >= 0.6 is 0 Å². The Kier molecular flexibility index (Phi) is 5.20. The predicted octanol–water partition coefficient (Wildman–Crippen LogP) is 3.98. The van der Waals surface area contributed by atoms with Gasteiger partial charge in [-0.15, -0.1) is 0 Å². The number of carbonyl (C=O) groups is 1. The van der Waals surface area contributed by atoms with Crippen LogP contribution in [-0.4, -0.2) is 39.9 Å². The van der Waals surface area contributed by atoms with Crippen LogP contribution in [0.3, 0.4) is 0 Å². The Morgan fingerprint density at radius 2 is 1.88 bits per heavy atom. The van der Waals surface area contributed by atoms with E-state index in [9.17, 15) is 18.0 Å². The van der Waals surface area contributed by atoms with Gasteiger partial charge >= 0.3 is 6.18 Å². The molecule has 32 heavy (non-hydrogen) atoms. The van der Waals surface area contributed by atoms with Crippen molar-refractivity contribution in [2.75, 3.05) is 19.5 Å². The van der Waals surface area contributed by atoms with Gasteiger partial charge in [-0.05, 0) is 31.2 Å². The number of methoxy groups -OCH3 is 2. The monoisotopic (exact) mass is 447 g/mol. The minimum absolute atomic E-state index is 0.0300. The molecule has 4 rings (SSSR count). The molecule has 0 bridgehead atoms. The average molecular weight is 447 g/mol. The zero-order chi connectivity index (χ0) is 23.0. The van der Waals surface area contributed by atoms with Gasteiger partial charge in [0.1, 0.15) is 11.3 Å². The molecule has 166 valence electrons. The molecule has 1 amide bonds. The second-order valence-corrected chi connectivity index (χ2v) is 6.66. The summed E-state index contributed by atoms with van der Waals surface area (Å²) in [5.41, 5.74) is -1.24. The first-order valence-electron chi connectivity index (χ1n) is 9.14. The third-order valence-electron chi connectivity index (χ3n) is 4.56. The van der Waals surface area contributed by atoms with Gasteiger partial charge in [-0.2, -0.15) is 18.3 Å². The maximum absolute atomic E-state index is 13.8. The topological polar surface area (TPSA) is 104 Å². The zero-order valence-electron chi connectivity index (χ0n) is 17.0. The lowest BCUT2D eigenvalue weighted by Gasteiger charge is -2.13. The molecule has 4 aromatic rings. The molecule has 0 saturated heterocycles. The van der Waals surface area contributed by atoms with Gasteiger partial charge in [-0.3, -0.25) is 4.79 Å². The lowest BCUT2D eigenvalue weighted by Crippen LogP contribution is -2.16. The summed E-state index contributed by atoms with van der Waals surface area (Å²) in [6.07, 6.45) is -3.74. The summed E-state index contributed by atoms with van der Waals surface area (Å²) < 4.78 is 57.2. The van der Waals surface area contributed by atoms with Crippen molar-refractivity contribution in [1.82, 2.24) is 19.8 Å². The number of halogens is 3. The number of rotatable bonds is 5. The first-order valence-corrected chi connectivity index (χ1v) is 9.14. The summed E-state index contributed by atoms with van der Waals surface area (Å²) in [5, 5.41) is 9.83. The summed E-state index contributed by atoms with van der Waals surface area (Å²) in [6.45, 7) is 1.63. The number of alkyl halides is 3. The maximum atomic E-state index is 13.8. The number of benzene rings is 1. The number of aromatic nitrogens is 4. The third-order valence-corrected chi connectivity index (χ3v) is 4.56. The van der Waals surface area contributed by atoms with Crippen molar-refractivity contribution >= 4 is 17.4 Å². The molecule has 0 unspecified atom stereocenters. The fourth-order valence-electron chi connectivity index (χ4n) is 3.08. The second-order valence-electron chi connectivity index (χ2n) is 6.66. The van der Waals surface area contributed by atoms with E-state index in [0.717, 1.165) is 12.3 Å². The molecule has 0 radical (unpaired) electrons. The van der Waals surface area contributed by atoms with Gasteiger partial charge in [0.05, 0.1) is 26.1 Å². The standard InChI is InChI=1S/C20H16F3N5O4/c1-10-6-17(27-32-10)26-19(29)12-9-24-28-16(20(21,22)23)8-13(25-18(12)28)11-4-5-14(30-2)15(7-11)31-3/h4-9H,1-3H3,(H,26,27,29). The molecular weight excluding hydrogens is 431 g/mol. The van der Waals surface area contributed by atoms with Crippen molar-refractivity contribution < 1.29 is 32.0 Å². The number of aryl methyl sites for hydroxylation is 1. The Labute approximate surface area is 178 Å². The number of fused-ring (bicyclic) bond motifs is 1. The molecule has 0 atom stereocenters. The molecule has 0 aliphatic heterocycles. The molecule has 0 aliphatic carbocycles. The molecule has 0 saturated carbocycles. The number of anilines is 1. The van der Waals surface area contributed by atoms with Gasteiger partial charge in [0.15, 0.2) is 28.7 Å². The molecule has 12 heteroatoms. The predicted molar refractivity (Wildman–Crippen MR) is 106 cm³/mol. The Balaban J connectivity index is 1.86. The molecule has 0 aliphatic rings. The molecule has 0 fully saturated rings. The van der Waals surface area contributed by atoms with Crippen LogP contribution in [0.15, 0.2) is 41.1 Å². The van der Waals surface area contributed by atoms with Gasteiger partial charge in [0, 0.05) is 11.6 Å². The van der Waals surface area contributed by atoms with E-state index in [2.05, 4.69) is 20.6 Å². The summed E-state index contributed by atoms with van der Waals surface area (Å²) in [7, 11) is 2.85. The molecule has 9 nitrogen and oxygen atoms in total. The minimum Gasteiger partial charge on any atom is -0.493 e. The van der Waals surface area contributed by atoms with Crippen LogP contribution in [-0.2, 0) is 6.18 Å². The van der Waals surface area contributed by atoms with Crippen LogP contribution < -0.4 is 14.8 Å². The summed E-state index contributed by atoms with van der Waals surface area (Å²) in [5.74, 6) is 0.541. The third kappa shape index (κ3) is 3.82. The highest BCUT2D eigenvalue weighted by Crippen LogP contribution is 2.35. The second kappa shape index (κ2) is 7.87.